The van der Waals surface area contributed by atoms with Gasteiger partial charge in [0.1, 0.15) is 0 Å². The predicted molar refractivity (Wildman–Crippen MR) is 81.8 cm³/mol. The second kappa shape index (κ2) is 8.46. The minimum absolute atomic E-state index is 0.0330. The fourth-order valence-corrected chi connectivity index (χ4v) is 3.64. The number of sulfone groups is 1. The second-order valence-electron chi connectivity index (χ2n) is 5.47. The van der Waals surface area contributed by atoms with E-state index in [1.54, 1.807) is 0 Å². The highest BCUT2D eigenvalue weighted by atomic mass is 32.2. The fraction of sp³-hybridized carbons (Fsp3) is 0.923. The van der Waals surface area contributed by atoms with Crippen LogP contribution in [0.5, 0.6) is 0 Å². The van der Waals surface area contributed by atoms with E-state index in [9.17, 15) is 8.42 Å². The number of hydrogen-bond donors (Lipinski definition) is 2. The molecule has 1 fully saturated rings. The Morgan fingerprint density at radius 1 is 1.45 bits per heavy atom. The van der Waals surface area contributed by atoms with E-state index >= 15 is 0 Å². The molecule has 6 nitrogen and oxygen atoms in total. The summed E-state index contributed by atoms with van der Waals surface area (Å²) in [5.41, 5.74) is 0. The largest absolute Gasteiger partial charge is 0.379 e. The standard InChI is InChI=1S/C13H27N3O3S/c1-4-14-13(15-6-7-19-9-11(2)3)16-12-5-8-20(17,18)10-12/h11-12H,4-10H2,1-3H3,(H2,14,15,16). The Morgan fingerprint density at radius 2 is 2.20 bits per heavy atom. The molecule has 0 aromatic rings. The molecular formula is C13H27N3O3S. The summed E-state index contributed by atoms with van der Waals surface area (Å²) >= 11 is 0. The van der Waals surface area contributed by atoms with Crippen LogP contribution in [0, 0.1) is 5.92 Å². The van der Waals surface area contributed by atoms with Gasteiger partial charge in [-0.15, -0.1) is 0 Å². The summed E-state index contributed by atoms with van der Waals surface area (Å²) in [4.78, 5) is 4.40. The summed E-state index contributed by atoms with van der Waals surface area (Å²) in [6.45, 7) is 8.83. The highest BCUT2D eigenvalue weighted by Gasteiger charge is 2.28. The Balaban J connectivity index is 2.35. The number of nitrogens with zero attached hydrogens (tertiary/aromatic N) is 1. The van der Waals surface area contributed by atoms with E-state index in [0.29, 0.717) is 31.4 Å². The van der Waals surface area contributed by atoms with E-state index in [1.165, 1.54) is 0 Å². The van der Waals surface area contributed by atoms with Crippen molar-refractivity contribution in [2.45, 2.75) is 33.2 Å². The molecule has 2 N–H and O–H groups in total. The lowest BCUT2D eigenvalue weighted by Crippen LogP contribution is -2.44. The average Bonchev–Trinajstić information content (AvgIpc) is 2.68. The van der Waals surface area contributed by atoms with E-state index in [-0.39, 0.29) is 17.5 Å². The van der Waals surface area contributed by atoms with Gasteiger partial charge in [-0.05, 0) is 19.3 Å². The first kappa shape index (κ1) is 17.2. The van der Waals surface area contributed by atoms with Gasteiger partial charge in [0.25, 0.3) is 0 Å². The van der Waals surface area contributed by atoms with Crippen LogP contribution in [0.1, 0.15) is 27.2 Å². The Hall–Kier alpha value is -0.820. The number of hydrogen-bond acceptors (Lipinski definition) is 4. The van der Waals surface area contributed by atoms with Crippen LogP contribution in [0.3, 0.4) is 0 Å². The lowest BCUT2D eigenvalue weighted by molar-refractivity contribution is 0.117. The molecule has 1 atom stereocenters. The van der Waals surface area contributed by atoms with Crippen LogP contribution in [-0.4, -0.2) is 58.2 Å². The fourth-order valence-electron chi connectivity index (χ4n) is 1.96. The van der Waals surface area contributed by atoms with Gasteiger partial charge in [-0.2, -0.15) is 0 Å². The van der Waals surface area contributed by atoms with Gasteiger partial charge in [-0.25, -0.2) is 8.42 Å². The van der Waals surface area contributed by atoms with Crippen molar-refractivity contribution in [3.8, 4) is 0 Å². The number of ether oxygens (including phenoxy) is 1. The third kappa shape index (κ3) is 7.09. The number of guanidine groups is 1. The summed E-state index contributed by atoms with van der Waals surface area (Å²) in [5.74, 6) is 1.65. The first-order valence-corrected chi connectivity index (χ1v) is 9.08. The highest BCUT2D eigenvalue weighted by Crippen LogP contribution is 2.10. The van der Waals surface area contributed by atoms with Gasteiger partial charge in [0, 0.05) is 19.2 Å². The molecule has 0 aliphatic carbocycles. The number of rotatable bonds is 7. The molecule has 118 valence electrons. The van der Waals surface area contributed by atoms with Crippen molar-refractivity contribution >= 4 is 15.8 Å². The van der Waals surface area contributed by atoms with E-state index in [2.05, 4.69) is 29.5 Å². The lowest BCUT2D eigenvalue weighted by atomic mass is 10.2. The lowest BCUT2D eigenvalue weighted by Gasteiger charge is -2.15. The van der Waals surface area contributed by atoms with E-state index in [1.807, 2.05) is 6.92 Å². The van der Waals surface area contributed by atoms with Gasteiger partial charge in [0.2, 0.25) is 0 Å². The van der Waals surface area contributed by atoms with Crippen LogP contribution in [0.25, 0.3) is 0 Å². The van der Waals surface area contributed by atoms with Crippen LogP contribution >= 0.6 is 0 Å². The number of aliphatic imine (C=N–C) groups is 1. The van der Waals surface area contributed by atoms with Crippen molar-refractivity contribution in [2.24, 2.45) is 10.9 Å². The van der Waals surface area contributed by atoms with Gasteiger partial charge in [0.15, 0.2) is 15.8 Å². The molecule has 1 aliphatic rings. The Kier molecular flexibility index (Phi) is 7.29. The van der Waals surface area contributed by atoms with Crippen LogP contribution < -0.4 is 10.6 Å². The second-order valence-corrected chi connectivity index (χ2v) is 7.70. The van der Waals surface area contributed by atoms with Gasteiger partial charge < -0.3 is 15.4 Å². The van der Waals surface area contributed by atoms with Crippen LogP contribution in [0.4, 0.5) is 0 Å². The summed E-state index contributed by atoms with van der Waals surface area (Å²) in [6.07, 6.45) is 0.649. The molecule has 0 saturated carbocycles. The van der Waals surface area contributed by atoms with Crippen molar-refractivity contribution < 1.29 is 13.2 Å². The molecule has 1 heterocycles. The quantitative estimate of drug-likeness (QED) is 0.404. The molecule has 0 radical (unpaired) electrons. The molecule has 1 rings (SSSR count). The molecular weight excluding hydrogens is 278 g/mol. The molecule has 7 heteroatoms. The highest BCUT2D eigenvalue weighted by molar-refractivity contribution is 7.91. The normalized spacial score (nSPS) is 22.2. The third-order valence-corrected chi connectivity index (χ3v) is 4.64. The van der Waals surface area contributed by atoms with Crippen molar-refractivity contribution in [1.29, 1.82) is 0 Å². The van der Waals surface area contributed by atoms with E-state index in [0.717, 1.165) is 13.2 Å². The summed E-state index contributed by atoms with van der Waals surface area (Å²) in [6, 6.07) is -0.0330. The van der Waals surface area contributed by atoms with Gasteiger partial charge in [-0.3, -0.25) is 4.99 Å². The molecule has 0 spiro atoms. The molecule has 1 aliphatic heterocycles. The first-order valence-electron chi connectivity index (χ1n) is 7.26. The monoisotopic (exact) mass is 305 g/mol. The average molecular weight is 305 g/mol. The molecule has 1 unspecified atom stereocenters. The Morgan fingerprint density at radius 3 is 2.75 bits per heavy atom. The maximum absolute atomic E-state index is 11.4. The maximum atomic E-state index is 11.4. The predicted octanol–water partition coefficient (Wildman–Crippen LogP) is 0.401. The Labute approximate surface area is 122 Å². The van der Waals surface area contributed by atoms with Gasteiger partial charge in [0.05, 0.1) is 24.7 Å². The van der Waals surface area contributed by atoms with Crippen molar-refractivity contribution in [3.05, 3.63) is 0 Å². The molecule has 20 heavy (non-hydrogen) atoms. The van der Waals surface area contributed by atoms with Crippen LogP contribution in [-0.2, 0) is 14.6 Å². The summed E-state index contributed by atoms with van der Waals surface area (Å²) in [7, 11) is -2.86. The zero-order valence-corrected chi connectivity index (χ0v) is 13.5. The van der Waals surface area contributed by atoms with E-state index in [4.69, 9.17) is 4.74 Å². The third-order valence-electron chi connectivity index (χ3n) is 2.87. The van der Waals surface area contributed by atoms with Crippen molar-refractivity contribution in [2.75, 3.05) is 37.8 Å². The summed E-state index contributed by atoms with van der Waals surface area (Å²) in [5, 5.41) is 6.30. The van der Waals surface area contributed by atoms with Gasteiger partial charge in [-0.1, -0.05) is 13.8 Å². The Bertz CT molecular complexity index is 407. The minimum atomic E-state index is -2.86. The zero-order chi connectivity index (χ0) is 15.0. The van der Waals surface area contributed by atoms with Crippen LogP contribution in [0.15, 0.2) is 4.99 Å². The summed E-state index contributed by atoms with van der Waals surface area (Å²) < 4.78 is 28.3. The molecule has 0 amide bonds. The van der Waals surface area contributed by atoms with Gasteiger partial charge >= 0.3 is 0 Å². The topological polar surface area (TPSA) is 79.8 Å². The molecule has 0 aromatic heterocycles. The van der Waals surface area contributed by atoms with Crippen LogP contribution in [0.2, 0.25) is 0 Å². The smallest absolute Gasteiger partial charge is 0.191 e. The van der Waals surface area contributed by atoms with E-state index < -0.39 is 9.84 Å². The SMILES string of the molecule is CCNC(=NCCOCC(C)C)NC1CCS(=O)(=O)C1. The zero-order valence-electron chi connectivity index (χ0n) is 12.7. The molecule has 0 aromatic carbocycles. The van der Waals surface area contributed by atoms with Crippen molar-refractivity contribution in [1.82, 2.24) is 10.6 Å². The maximum Gasteiger partial charge on any atom is 0.191 e. The minimum Gasteiger partial charge on any atom is -0.379 e. The molecule has 1 saturated heterocycles. The first-order chi connectivity index (χ1) is 9.43. The van der Waals surface area contributed by atoms with Crippen molar-refractivity contribution in [3.63, 3.8) is 0 Å². The molecule has 0 bridgehead atoms. The number of nitrogens with one attached hydrogen (secondary N) is 2.